The summed E-state index contributed by atoms with van der Waals surface area (Å²) in [4.78, 5) is 24.8. The fourth-order valence-electron chi connectivity index (χ4n) is 3.52. The van der Waals surface area contributed by atoms with E-state index in [1.807, 2.05) is 36.4 Å². The first kappa shape index (κ1) is 20.4. The number of hydrogen-bond acceptors (Lipinski definition) is 7. The van der Waals surface area contributed by atoms with Gasteiger partial charge >= 0.3 is 0 Å². The number of carbonyl (C=O) groups is 1. The van der Waals surface area contributed by atoms with Gasteiger partial charge < -0.3 is 29.1 Å². The molecule has 33 heavy (non-hydrogen) atoms. The van der Waals surface area contributed by atoms with Gasteiger partial charge in [-0.1, -0.05) is 36.4 Å². The summed E-state index contributed by atoms with van der Waals surface area (Å²) in [6, 6.07) is 18.7. The maximum absolute atomic E-state index is 12.5. The zero-order valence-electron chi connectivity index (χ0n) is 17.4. The van der Waals surface area contributed by atoms with Crippen LogP contribution in [0.4, 0.5) is 0 Å². The Labute approximate surface area is 187 Å². The fraction of sp³-hybridized carbons (Fsp3) is 0.120. The molecule has 1 amide bonds. The summed E-state index contributed by atoms with van der Waals surface area (Å²) in [5.74, 6) is 1.24. The minimum atomic E-state index is -0.374. The summed E-state index contributed by atoms with van der Waals surface area (Å²) in [6.07, 6.45) is 0. The number of ether oxygens (including phenoxy) is 3. The van der Waals surface area contributed by atoms with Crippen molar-refractivity contribution >= 4 is 16.9 Å². The van der Waals surface area contributed by atoms with Crippen LogP contribution < -0.4 is 25.0 Å². The predicted octanol–water partition coefficient (Wildman–Crippen LogP) is 3.59. The molecule has 0 bridgehead atoms. The van der Waals surface area contributed by atoms with Crippen LogP contribution in [0.5, 0.6) is 23.0 Å². The Morgan fingerprint density at radius 2 is 1.82 bits per heavy atom. The van der Waals surface area contributed by atoms with Crippen molar-refractivity contribution in [3.8, 4) is 34.3 Å². The number of phenols is 1. The summed E-state index contributed by atoms with van der Waals surface area (Å²) < 4.78 is 22.0. The van der Waals surface area contributed by atoms with Crippen LogP contribution in [0.3, 0.4) is 0 Å². The topological polar surface area (TPSA) is 107 Å². The molecule has 5 rings (SSSR count). The molecule has 8 nitrogen and oxygen atoms in total. The van der Waals surface area contributed by atoms with Crippen LogP contribution in [-0.4, -0.2) is 24.4 Å². The van der Waals surface area contributed by atoms with Crippen LogP contribution in [0, 0.1) is 0 Å². The Bertz CT molecular complexity index is 1400. The first-order chi connectivity index (χ1) is 16.1. The number of nitrogens with one attached hydrogen (secondary N) is 1. The first-order valence-corrected chi connectivity index (χ1v) is 10.2. The number of phenolic OH excluding ortho intramolecular Hbond substituents is 1. The van der Waals surface area contributed by atoms with E-state index in [4.69, 9.17) is 18.6 Å². The monoisotopic (exact) mass is 445 g/mol. The van der Waals surface area contributed by atoms with Crippen LogP contribution >= 0.6 is 0 Å². The molecule has 1 aliphatic rings. The number of aromatic hydroxyl groups is 1. The second-order valence-corrected chi connectivity index (χ2v) is 7.41. The quantitative estimate of drug-likeness (QED) is 0.467. The zero-order valence-corrected chi connectivity index (χ0v) is 17.4. The van der Waals surface area contributed by atoms with E-state index in [2.05, 4.69) is 5.32 Å². The molecule has 2 N–H and O–H groups in total. The van der Waals surface area contributed by atoms with E-state index in [0.29, 0.717) is 17.3 Å². The van der Waals surface area contributed by atoms with Crippen molar-refractivity contribution in [1.82, 2.24) is 5.32 Å². The van der Waals surface area contributed by atoms with E-state index in [1.54, 1.807) is 12.1 Å². The highest BCUT2D eigenvalue weighted by Gasteiger charge is 2.15. The highest BCUT2D eigenvalue weighted by Crippen LogP contribution is 2.33. The van der Waals surface area contributed by atoms with Gasteiger partial charge in [0.25, 0.3) is 5.91 Å². The van der Waals surface area contributed by atoms with E-state index < -0.39 is 0 Å². The summed E-state index contributed by atoms with van der Waals surface area (Å²) in [5.41, 5.74) is 1.37. The third kappa shape index (κ3) is 4.31. The van der Waals surface area contributed by atoms with Crippen LogP contribution in [-0.2, 0) is 11.3 Å². The van der Waals surface area contributed by atoms with Crippen molar-refractivity contribution in [2.24, 2.45) is 0 Å². The normalized spacial score (nSPS) is 12.0. The van der Waals surface area contributed by atoms with Crippen LogP contribution in [0.1, 0.15) is 5.56 Å². The molecule has 166 valence electrons. The first-order valence-electron chi connectivity index (χ1n) is 10.2. The largest absolute Gasteiger partial charge is 0.507 e. The van der Waals surface area contributed by atoms with E-state index in [1.165, 1.54) is 18.2 Å². The lowest BCUT2D eigenvalue weighted by Gasteiger charge is -2.10. The molecule has 0 fully saturated rings. The van der Waals surface area contributed by atoms with Crippen molar-refractivity contribution < 1.29 is 28.5 Å². The van der Waals surface area contributed by atoms with Gasteiger partial charge in [-0.3, -0.25) is 9.59 Å². The third-order valence-electron chi connectivity index (χ3n) is 5.14. The van der Waals surface area contributed by atoms with E-state index in [-0.39, 0.29) is 53.7 Å². The molecule has 0 atom stereocenters. The van der Waals surface area contributed by atoms with E-state index >= 15 is 0 Å². The molecule has 0 aliphatic carbocycles. The Hall–Kier alpha value is -4.46. The minimum absolute atomic E-state index is 0.0503. The summed E-state index contributed by atoms with van der Waals surface area (Å²) in [6.45, 7) is 0.194. The van der Waals surface area contributed by atoms with Crippen LogP contribution in [0.25, 0.3) is 22.3 Å². The maximum atomic E-state index is 12.5. The molecule has 1 aliphatic heterocycles. The van der Waals surface area contributed by atoms with Crippen molar-refractivity contribution in [2.75, 3.05) is 13.4 Å². The maximum Gasteiger partial charge on any atom is 0.258 e. The smallest absolute Gasteiger partial charge is 0.258 e. The van der Waals surface area contributed by atoms with Crippen molar-refractivity contribution in [3.05, 3.63) is 82.5 Å². The van der Waals surface area contributed by atoms with Gasteiger partial charge in [0.2, 0.25) is 6.79 Å². The number of fused-ring (bicyclic) bond motifs is 2. The lowest BCUT2D eigenvalue weighted by Crippen LogP contribution is -2.28. The second kappa shape index (κ2) is 8.58. The average Bonchev–Trinajstić information content (AvgIpc) is 3.29. The fourth-order valence-corrected chi connectivity index (χ4v) is 3.52. The SMILES string of the molecule is O=C(COc1cc(O)c2c(=O)cc(-c3ccccc3)oc2c1)NCc1ccc2c(c1)OCO2. The predicted molar refractivity (Wildman–Crippen MR) is 119 cm³/mol. The Kier molecular flexibility index (Phi) is 5.32. The molecule has 4 aromatic rings. The Balaban J connectivity index is 1.28. The van der Waals surface area contributed by atoms with Gasteiger partial charge in [0.1, 0.15) is 28.2 Å². The number of carbonyl (C=O) groups excluding carboxylic acids is 1. The van der Waals surface area contributed by atoms with Gasteiger partial charge in [0.15, 0.2) is 23.5 Å². The molecular weight excluding hydrogens is 426 g/mol. The van der Waals surface area contributed by atoms with Crippen LogP contribution in [0.2, 0.25) is 0 Å². The molecule has 2 heterocycles. The van der Waals surface area contributed by atoms with Gasteiger partial charge in [-0.25, -0.2) is 0 Å². The van der Waals surface area contributed by atoms with E-state index in [0.717, 1.165) is 11.1 Å². The molecular formula is C25H19NO7. The molecule has 0 saturated carbocycles. The molecule has 3 aromatic carbocycles. The van der Waals surface area contributed by atoms with Crippen molar-refractivity contribution in [2.45, 2.75) is 6.54 Å². The van der Waals surface area contributed by atoms with Gasteiger partial charge in [-0.05, 0) is 17.7 Å². The Morgan fingerprint density at radius 1 is 1.00 bits per heavy atom. The lowest BCUT2D eigenvalue weighted by atomic mass is 10.1. The minimum Gasteiger partial charge on any atom is -0.507 e. The molecule has 1 aromatic heterocycles. The average molecular weight is 445 g/mol. The molecule has 0 radical (unpaired) electrons. The second-order valence-electron chi connectivity index (χ2n) is 7.41. The standard InChI is InChI=1S/C25H19NO7/c27-18-9-17(10-23-25(18)19(28)11-21(33-23)16-4-2-1-3-5-16)30-13-24(29)26-12-15-6-7-20-22(8-15)32-14-31-20/h1-11,27H,12-14H2,(H,26,29). The van der Waals surface area contributed by atoms with Gasteiger partial charge in [-0.2, -0.15) is 0 Å². The molecule has 8 heteroatoms. The molecule has 0 unspecified atom stereocenters. The summed E-state index contributed by atoms with van der Waals surface area (Å²) in [7, 11) is 0. The number of amides is 1. The van der Waals surface area contributed by atoms with Gasteiger partial charge in [0, 0.05) is 30.3 Å². The third-order valence-corrected chi connectivity index (χ3v) is 5.14. The number of rotatable bonds is 6. The van der Waals surface area contributed by atoms with Crippen molar-refractivity contribution in [1.29, 1.82) is 0 Å². The molecule has 0 saturated heterocycles. The van der Waals surface area contributed by atoms with Gasteiger partial charge in [-0.15, -0.1) is 0 Å². The Morgan fingerprint density at radius 3 is 2.67 bits per heavy atom. The molecule has 0 spiro atoms. The summed E-state index contributed by atoms with van der Waals surface area (Å²) >= 11 is 0. The highest BCUT2D eigenvalue weighted by molar-refractivity contribution is 5.86. The lowest BCUT2D eigenvalue weighted by molar-refractivity contribution is -0.123. The zero-order chi connectivity index (χ0) is 22.8. The highest BCUT2D eigenvalue weighted by atomic mass is 16.7. The van der Waals surface area contributed by atoms with Crippen LogP contribution in [0.15, 0.2) is 75.9 Å². The van der Waals surface area contributed by atoms with Crippen molar-refractivity contribution in [3.63, 3.8) is 0 Å². The number of benzene rings is 3. The van der Waals surface area contributed by atoms with E-state index in [9.17, 15) is 14.7 Å². The summed E-state index contributed by atoms with van der Waals surface area (Å²) in [5, 5.41) is 13.1. The number of hydrogen-bond donors (Lipinski definition) is 2. The van der Waals surface area contributed by atoms with Gasteiger partial charge in [0.05, 0.1) is 0 Å².